The Balaban J connectivity index is 2.36. The molecular weight excluding hydrogens is 395 g/mol. The van der Waals surface area contributed by atoms with Crippen molar-refractivity contribution in [3.8, 4) is 5.69 Å². The monoisotopic (exact) mass is 424 g/mol. The third-order valence-electron chi connectivity index (χ3n) is 4.93. The van der Waals surface area contributed by atoms with E-state index in [1.807, 2.05) is 6.92 Å². The molecule has 0 saturated heterocycles. The Morgan fingerprint density at radius 2 is 2.07 bits per heavy atom. The maximum absolute atomic E-state index is 13.6. The number of rotatable bonds is 10. The Labute approximate surface area is 176 Å². The summed E-state index contributed by atoms with van der Waals surface area (Å²) in [5, 5.41) is 24.3. The summed E-state index contributed by atoms with van der Waals surface area (Å²) in [6, 6.07) is 4.27. The summed E-state index contributed by atoms with van der Waals surface area (Å²) in [7, 11) is 0. The first-order valence-corrected chi connectivity index (χ1v) is 10.4. The smallest absolute Gasteiger partial charge is 0.339 e. The average molecular weight is 425 g/mol. The highest BCUT2D eigenvalue weighted by molar-refractivity contribution is 6.30. The predicted molar refractivity (Wildman–Crippen MR) is 113 cm³/mol. The summed E-state index contributed by atoms with van der Waals surface area (Å²) in [5.41, 5.74) is 1.19. The van der Waals surface area contributed by atoms with E-state index < -0.39 is 17.4 Å². The van der Waals surface area contributed by atoms with Gasteiger partial charge in [0.1, 0.15) is 11.4 Å². The highest BCUT2D eigenvalue weighted by Gasteiger charge is 2.25. The van der Waals surface area contributed by atoms with Crippen molar-refractivity contribution in [3.05, 3.63) is 46.0 Å². The van der Waals surface area contributed by atoms with E-state index in [0.29, 0.717) is 36.3 Å². The van der Waals surface area contributed by atoms with Crippen molar-refractivity contribution >= 4 is 17.6 Å². The maximum atomic E-state index is 13.6. The quantitative estimate of drug-likeness (QED) is 0.532. The lowest BCUT2D eigenvalue weighted by atomic mass is 9.93. The number of aromatic carboxylic acids is 1. The second-order valence-corrected chi connectivity index (χ2v) is 8.75. The van der Waals surface area contributed by atoms with Crippen LogP contribution in [0.4, 0.5) is 4.39 Å². The van der Waals surface area contributed by atoms with Crippen LogP contribution in [0.3, 0.4) is 0 Å². The van der Waals surface area contributed by atoms with E-state index in [4.69, 9.17) is 11.6 Å². The summed E-state index contributed by atoms with van der Waals surface area (Å²) in [6.45, 7) is 7.60. The van der Waals surface area contributed by atoms with Gasteiger partial charge in [-0.15, -0.1) is 0 Å². The van der Waals surface area contributed by atoms with Crippen LogP contribution < -0.4 is 0 Å². The lowest BCUT2D eigenvalue weighted by Crippen LogP contribution is -2.18. The topological polar surface area (TPSA) is 75.3 Å². The van der Waals surface area contributed by atoms with Crippen LogP contribution in [0.5, 0.6) is 0 Å². The Morgan fingerprint density at radius 3 is 2.62 bits per heavy atom. The molecule has 1 aromatic heterocycles. The summed E-state index contributed by atoms with van der Waals surface area (Å²) in [5.74, 6) is -1.32. The molecule has 0 spiro atoms. The molecule has 0 amide bonds. The highest BCUT2D eigenvalue weighted by atomic mass is 35.5. The molecule has 29 heavy (non-hydrogen) atoms. The summed E-state index contributed by atoms with van der Waals surface area (Å²) < 4.78 is 15.2. The summed E-state index contributed by atoms with van der Waals surface area (Å²) in [4.78, 5) is 12.0. The van der Waals surface area contributed by atoms with Crippen molar-refractivity contribution in [2.45, 2.75) is 71.8 Å². The molecule has 2 N–H and O–H groups in total. The van der Waals surface area contributed by atoms with Crippen LogP contribution >= 0.6 is 11.6 Å². The number of carboxylic acid groups (broad SMARTS) is 1. The molecule has 2 aromatic rings. The Morgan fingerprint density at radius 1 is 1.38 bits per heavy atom. The second-order valence-electron chi connectivity index (χ2n) is 8.35. The highest BCUT2D eigenvalue weighted by Crippen LogP contribution is 2.27. The molecule has 7 heteroatoms. The molecule has 2 rings (SSSR count). The number of hydrogen-bond acceptors (Lipinski definition) is 3. The molecule has 1 aromatic carbocycles. The van der Waals surface area contributed by atoms with Gasteiger partial charge in [-0.05, 0) is 57.2 Å². The van der Waals surface area contributed by atoms with Crippen molar-refractivity contribution < 1.29 is 19.4 Å². The van der Waals surface area contributed by atoms with Crippen molar-refractivity contribution in [3.63, 3.8) is 0 Å². The van der Waals surface area contributed by atoms with Crippen LogP contribution in [0.15, 0.2) is 18.2 Å². The molecule has 1 unspecified atom stereocenters. The number of halogens is 2. The van der Waals surface area contributed by atoms with E-state index in [1.54, 1.807) is 24.6 Å². The SMILES string of the molecule is CCCc1c(C(=O)O)c(CC(C)CCCC(C)(C)O)nn1-c1ccc(F)c(Cl)c1. The molecule has 5 nitrogen and oxygen atoms in total. The van der Waals surface area contributed by atoms with Crippen molar-refractivity contribution in [1.82, 2.24) is 9.78 Å². The van der Waals surface area contributed by atoms with Gasteiger partial charge in [-0.1, -0.05) is 44.7 Å². The first-order chi connectivity index (χ1) is 13.5. The van der Waals surface area contributed by atoms with E-state index in [-0.39, 0.29) is 16.5 Å². The molecule has 0 aliphatic carbocycles. The van der Waals surface area contributed by atoms with E-state index in [2.05, 4.69) is 12.0 Å². The van der Waals surface area contributed by atoms with Gasteiger partial charge in [-0.3, -0.25) is 0 Å². The van der Waals surface area contributed by atoms with Crippen molar-refractivity contribution in [2.75, 3.05) is 0 Å². The largest absolute Gasteiger partial charge is 0.478 e. The van der Waals surface area contributed by atoms with Gasteiger partial charge in [-0.2, -0.15) is 5.10 Å². The summed E-state index contributed by atoms with van der Waals surface area (Å²) in [6.07, 6.45) is 4.21. The number of carboxylic acids is 1. The van der Waals surface area contributed by atoms with Gasteiger partial charge in [0.15, 0.2) is 0 Å². The first-order valence-electron chi connectivity index (χ1n) is 10.0. The van der Waals surface area contributed by atoms with Crippen LogP contribution in [-0.4, -0.2) is 31.6 Å². The van der Waals surface area contributed by atoms with E-state index in [1.165, 1.54) is 12.1 Å². The van der Waals surface area contributed by atoms with Crippen LogP contribution in [0.25, 0.3) is 5.69 Å². The third-order valence-corrected chi connectivity index (χ3v) is 5.22. The fourth-order valence-corrected chi connectivity index (χ4v) is 3.68. The molecule has 160 valence electrons. The Hall–Kier alpha value is -1.92. The van der Waals surface area contributed by atoms with Crippen LogP contribution in [-0.2, 0) is 12.8 Å². The second kappa shape index (κ2) is 9.72. The molecule has 0 saturated carbocycles. The van der Waals surface area contributed by atoms with E-state index >= 15 is 0 Å². The zero-order valence-electron chi connectivity index (χ0n) is 17.5. The minimum Gasteiger partial charge on any atom is -0.478 e. The fraction of sp³-hybridized carbons (Fsp3) is 0.545. The molecule has 0 fully saturated rings. The van der Waals surface area contributed by atoms with Gasteiger partial charge in [0, 0.05) is 0 Å². The standard InChI is InChI=1S/C22H30ClFN2O3/c1-5-7-19-20(21(27)28)18(12-14(2)8-6-11-22(3,4)29)25-26(19)15-9-10-17(24)16(23)13-15/h9-10,13-14,29H,5-8,11-12H2,1-4H3,(H,27,28). The number of benzene rings is 1. The van der Waals surface area contributed by atoms with Gasteiger partial charge in [0.2, 0.25) is 0 Å². The number of aliphatic hydroxyl groups is 1. The molecular formula is C22H30ClFN2O3. The van der Waals surface area contributed by atoms with Crippen molar-refractivity contribution in [2.24, 2.45) is 5.92 Å². The lowest BCUT2D eigenvalue weighted by molar-refractivity contribution is 0.0669. The molecule has 0 bridgehead atoms. The predicted octanol–water partition coefficient (Wildman–Crippen LogP) is 5.44. The van der Waals surface area contributed by atoms with Crippen LogP contribution in [0.2, 0.25) is 5.02 Å². The molecule has 1 atom stereocenters. The number of nitrogens with zero attached hydrogens (tertiary/aromatic N) is 2. The van der Waals surface area contributed by atoms with E-state index in [9.17, 15) is 19.4 Å². The van der Waals surface area contributed by atoms with Gasteiger partial charge >= 0.3 is 5.97 Å². The maximum Gasteiger partial charge on any atom is 0.339 e. The van der Waals surface area contributed by atoms with Gasteiger partial charge in [-0.25, -0.2) is 13.9 Å². The van der Waals surface area contributed by atoms with Gasteiger partial charge in [0.25, 0.3) is 0 Å². The van der Waals surface area contributed by atoms with Crippen molar-refractivity contribution in [1.29, 1.82) is 0 Å². The third kappa shape index (κ3) is 6.28. The van der Waals surface area contributed by atoms with Gasteiger partial charge in [0.05, 0.1) is 27.7 Å². The van der Waals surface area contributed by atoms with Gasteiger partial charge < -0.3 is 10.2 Å². The van der Waals surface area contributed by atoms with E-state index in [0.717, 1.165) is 19.3 Å². The molecule has 1 heterocycles. The minimum atomic E-state index is -1.01. The average Bonchev–Trinajstić information content (AvgIpc) is 2.94. The minimum absolute atomic E-state index is 0.0288. The van der Waals surface area contributed by atoms with Crippen LogP contribution in [0.1, 0.15) is 75.1 Å². The Bertz CT molecular complexity index is 858. The summed E-state index contributed by atoms with van der Waals surface area (Å²) >= 11 is 5.93. The number of aromatic nitrogens is 2. The molecule has 0 radical (unpaired) electrons. The number of carbonyl (C=O) groups is 1. The lowest BCUT2D eigenvalue weighted by Gasteiger charge is -2.18. The molecule has 0 aliphatic heterocycles. The first kappa shape index (κ1) is 23.4. The normalized spacial score (nSPS) is 12.9. The van der Waals surface area contributed by atoms with Crippen LogP contribution in [0, 0.1) is 11.7 Å². The Kier molecular flexibility index (Phi) is 7.83. The zero-order chi connectivity index (χ0) is 21.8. The number of hydrogen-bond donors (Lipinski definition) is 2. The fourth-order valence-electron chi connectivity index (χ4n) is 3.51. The zero-order valence-corrected chi connectivity index (χ0v) is 18.3. The molecule has 0 aliphatic rings.